The first-order valence-corrected chi connectivity index (χ1v) is 10.4. The summed E-state index contributed by atoms with van der Waals surface area (Å²) in [5.41, 5.74) is 2.87. The molecule has 0 aromatic carbocycles. The molecule has 2 saturated heterocycles. The van der Waals surface area contributed by atoms with Gasteiger partial charge in [0.15, 0.2) is 5.69 Å². The molecule has 2 aromatic heterocycles. The van der Waals surface area contributed by atoms with Crippen LogP contribution in [0.25, 0.3) is 0 Å². The second-order valence-electron chi connectivity index (χ2n) is 8.35. The minimum atomic E-state index is -0.290. The maximum absolute atomic E-state index is 12.9. The van der Waals surface area contributed by atoms with Crippen molar-refractivity contribution in [2.75, 3.05) is 26.2 Å². The van der Waals surface area contributed by atoms with Crippen LogP contribution in [0.5, 0.6) is 0 Å². The topological polar surface area (TPSA) is 80.8 Å². The standard InChI is InChI=1S/C21H26N4O4/c1-23-17-12-21(5-9-25(10-6-21)19(26)15-4-11-28-13-15)29-14-16(17)18(22-23)20(27)24-7-2-3-8-24/h4,11,13H,2-3,5-10,12,14H2,1H3. The quantitative estimate of drug-likeness (QED) is 0.773. The molecule has 8 nitrogen and oxygen atoms in total. The third-order valence-electron chi connectivity index (χ3n) is 6.61. The van der Waals surface area contributed by atoms with Gasteiger partial charge in [0.1, 0.15) is 6.26 Å². The Bertz CT molecular complexity index is 919. The van der Waals surface area contributed by atoms with Crippen molar-refractivity contribution in [3.63, 3.8) is 0 Å². The van der Waals surface area contributed by atoms with Gasteiger partial charge in [-0.2, -0.15) is 5.10 Å². The van der Waals surface area contributed by atoms with Gasteiger partial charge in [-0.3, -0.25) is 14.3 Å². The molecule has 3 aliphatic heterocycles. The Morgan fingerprint density at radius 3 is 2.48 bits per heavy atom. The van der Waals surface area contributed by atoms with E-state index in [4.69, 9.17) is 9.15 Å². The summed E-state index contributed by atoms with van der Waals surface area (Å²) in [5.74, 6) is 0.0311. The smallest absolute Gasteiger partial charge is 0.274 e. The van der Waals surface area contributed by atoms with Crippen LogP contribution in [0.15, 0.2) is 23.0 Å². The summed E-state index contributed by atoms with van der Waals surface area (Å²) in [6, 6.07) is 1.70. The second-order valence-corrected chi connectivity index (χ2v) is 8.35. The van der Waals surface area contributed by atoms with Gasteiger partial charge < -0.3 is 19.0 Å². The zero-order valence-electron chi connectivity index (χ0n) is 16.7. The van der Waals surface area contributed by atoms with Gasteiger partial charge in [-0.1, -0.05) is 0 Å². The number of carbonyl (C=O) groups excluding carboxylic acids is 2. The highest BCUT2D eigenvalue weighted by Crippen LogP contribution is 2.37. The molecule has 0 atom stereocenters. The summed E-state index contributed by atoms with van der Waals surface area (Å²) in [4.78, 5) is 29.2. The molecule has 29 heavy (non-hydrogen) atoms. The summed E-state index contributed by atoms with van der Waals surface area (Å²) < 4.78 is 13.2. The number of hydrogen-bond acceptors (Lipinski definition) is 5. The van der Waals surface area contributed by atoms with Crippen LogP contribution >= 0.6 is 0 Å². The van der Waals surface area contributed by atoms with Crippen molar-refractivity contribution in [2.24, 2.45) is 7.05 Å². The third kappa shape index (κ3) is 3.15. The Morgan fingerprint density at radius 2 is 1.79 bits per heavy atom. The van der Waals surface area contributed by atoms with E-state index in [0.29, 0.717) is 31.0 Å². The number of hydrogen-bond donors (Lipinski definition) is 0. The van der Waals surface area contributed by atoms with Gasteiger partial charge in [0.2, 0.25) is 0 Å². The minimum Gasteiger partial charge on any atom is -0.472 e. The molecule has 0 saturated carbocycles. The van der Waals surface area contributed by atoms with E-state index in [0.717, 1.165) is 56.5 Å². The number of aromatic nitrogens is 2. The number of rotatable bonds is 2. The van der Waals surface area contributed by atoms with E-state index < -0.39 is 0 Å². The Morgan fingerprint density at radius 1 is 1.07 bits per heavy atom. The molecule has 8 heteroatoms. The predicted octanol–water partition coefficient (Wildman–Crippen LogP) is 2.00. The summed E-state index contributed by atoms with van der Waals surface area (Å²) in [7, 11) is 1.91. The first-order chi connectivity index (χ1) is 14.1. The van der Waals surface area contributed by atoms with Crippen LogP contribution in [0.1, 0.15) is 57.8 Å². The maximum Gasteiger partial charge on any atom is 0.274 e. The first kappa shape index (κ1) is 18.4. The zero-order valence-corrected chi connectivity index (χ0v) is 16.7. The van der Waals surface area contributed by atoms with Crippen LogP contribution in [0.2, 0.25) is 0 Å². The van der Waals surface area contributed by atoms with E-state index in [-0.39, 0.29) is 17.4 Å². The van der Waals surface area contributed by atoms with Gasteiger partial charge in [0.25, 0.3) is 11.8 Å². The van der Waals surface area contributed by atoms with Gasteiger partial charge >= 0.3 is 0 Å². The van der Waals surface area contributed by atoms with Crippen LogP contribution in [-0.4, -0.2) is 63.2 Å². The molecule has 2 aromatic rings. The first-order valence-electron chi connectivity index (χ1n) is 10.4. The van der Waals surface area contributed by atoms with E-state index in [1.54, 1.807) is 6.07 Å². The normalized spacial score (nSPS) is 20.9. The van der Waals surface area contributed by atoms with Gasteiger partial charge in [-0.15, -0.1) is 0 Å². The lowest BCUT2D eigenvalue weighted by molar-refractivity contribution is -0.0990. The van der Waals surface area contributed by atoms with E-state index in [9.17, 15) is 9.59 Å². The summed E-state index contributed by atoms with van der Waals surface area (Å²) in [5, 5.41) is 4.56. The molecule has 154 valence electrons. The lowest BCUT2D eigenvalue weighted by Crippen LogP contribution is -2.50. The third-order valence-corrected chi connectivity index (χ3v) is 6.61. The highest BCUT2D eigenvalue weighted by Gasteiger charge is 2.43. The molecular weight excluding hydrogens is 372 g/mol. The van der Waals surface area contributed by atoms with Crippen LogP contribution < -0.4 is 0 Å². The van der Waals surface area contributed by atoms with Crippen molar-refractivity contribution < 1.29 is 18.7 Å². The average Bonchev–Trinajstić information content (AvgIpc) is 3.50. The number of carbonyl (C=O) groups is 2. The van der Waals surface area contributed by atoms with E-state index in [1.807, 2.05) is 21.5 Å². The van der Waals surface area contributed by atoms with Crippen molar-refractivity contribution >= 4 is 11.8 Å². The van der Waals surface area contributed by atoms with Crippen molar-refractivity contribution in [2.45, 2.75) is 44.3 Å². The van der Waals surface area contributed by atoms with Gasteiger partial charge in [0, 0.05) is 50.9 Å². The molecule has 3 aliphatic rings. The van der Waals surface area contributed by atoms with Crippen molar-refractivity contribution in [3.05, 3.63) is 41.1 Å². The summed E-state index contributed by atoms with van der Waals surface area (Å²) in [6.07, 6.45) is 7.42. The lowest BCUT2D eigenvalue weighted by Gasteiger charge is -2.43. The van der Waals surface area contributed by atoms with Crippen LogP contribution in [0.3, 0.4) is 0 Å². The Kier molecular flexibility index (Phi) is 4.46. The summed E-state index contributed by atoms with van der Waals surface area (Å²) in [6.45, 7) is 3.34. The Hall–Kier alpha value is -2.61. The molecule has 0 radical (unpaired) electrons. The predicted molar refractivity (Wildman–Crippen MR) is 103 cm³/mol. The fourth-order valence-corrected chi connectivity index (χ4v) is 4.81. The number of aryl methyl sites for hydroxylation is 1. The molecule has 5 heterocycles. The number of fused-ring (bicyclic) bond motifs is 1. The number of nitrogens with zero attached hydrogens (tertiary/aromatic N) is 4. The van der Waals surface area contributed by atoms with Crippen molar-refractivity contribution in [1.29, 1.82) is 0 Å². The van der Waals surface area contributed by atoms with Crippen molar-refractivity contribution in [3.8, 4) is 0 Å². The van der Waals surface area contributed by atoms with Crippen LogP contribution in [-0.2, 0) is 24.8 Å². The fraction of sp³-hybridized carbons (Fsp3) is 0.571. The van der Waals surface area contributed by atoms with Gasteiger partial charge in [-0.05, 0) is 31.7 Å². The molecule has 2 amide bonds. The van der Waals surface area contributed by atoms with Gasteiger partial charge in [0.05, 0.1) is 24.0 Å². The molecular formula is C21H26N4O4. The highest BCUT2D eigenvalue weighted by molar-refractivity contribution is 5.94. The molecule has 1 spiro atoms. The van der Waals surface area contributed by atoms with Gasteiger partial charge in [-0.25, -0.2) is 0 Å². The minimum absolute atomic E-state index is 0.00382. The van der Waals surface area contributed by atoms with Crippen molar-refractivity contribution in [1.82, 2.24) is 19.6 Å². The van der Waals surface area contributed by atoms with E-state index in [1.165, 1.54) is 12.5 Å². The van der Waals surface area contributed by atoms with E-state index >= 15 is 0 Å². The lowest BCUT2D eigenvalue weighted by atomic mass is 9.83. The molecule has 5 rings (SSSR count). The molecule has 0 bridgehead atoms. The van der Waals surface area contributed by atoms with Crippen LogP contribution in [0.4, 0.5) is 0 Å². The second kappa shape index (κ2) is 7.02. The van der Waals surface area contributed by atoms with Crippen LogP contribution in [0, 0.1) is 0 Å². The number of ether oxygens (including phenoxy) is 1. The molecule has 2 fully saturated rings. The number of likely N-dealkylation sites (tertiary alicyclic amines) is 2. The highest BCUT2D eigenvalue weighted by atomic mass is 16.5. The molecule has 0 unspecified atom stereocenters. The SMILES string of the molecule is Cn1nc(C(=O)N2CCCC2)c2c1CC1(CCN(C(=O)c3ccoc3)CC1)OC2. The Labute approximate surface area is 169 Å². The van der Waals surface area contributed by atoms with E-state index in [2.05, 4.69) is 5.10 Å². The number of amides is 2. The maximum atomic E-state index is 12.9. The largest absolute Gasteiger partial charge is 0.472 e. The molecule has 0 N–H and O–H groups in total. The molecule has 0 aliphatic carbocycles. The fourth-order valence-electron chi connectivity index (χ4n) is 4.81. The summed E-state index contributed by atoms with van der Waals surface area (Å²) >= 11 is 0. The Balaban J connectivity index is 1.30. The average molecular weight is 398 g/mol. The number of piperidine rings is 1. The zero-order chi connectivity index (χ0) is 20.0. The monoisotopic (exact) mass is 398 g/mol. The number of furan rings is 1.